The van der Waals surface area contributed by atoms with Crippen molar-refractivity contribution in [1.29, 1.82) is 0 Å². The normalized spacial score (nSPS) is 53.5. The van der Waals surface area contributed by atoms with Crippen LogP contribution in [0.25, 0.3) is 0 Å². The molecular weight excluding hydrogens is 208 g/mol. The predicted molar refractivity (Wildman–Crippen MR) is 68.6 cm³/mol. The maximum absolute atomic E-state index is 11.1. The van der Waals surface area contributed by atoms with Crippen molar-refractivity contribution in [3.05, 3.63) is 0 Å². The van der Waals surface area contributed by atoms with Crippen LogP contribution in [0.4, 0.5) is 0 Å². The average Bonchev–Trinajstić information content (AvgIpc) is 2.96. The molecule has 17 heavy (non-hydrogen) atoms. The molecule has 4 aliphatic rings. The molecule has 96 valence electrons. The lowest BCUT2D eigenvalue weighted by atomic mass is 9.69. The van der Waals surface area contributed by atoms with Gasteiger partial charge in [0.25, 0.3) is 0 Å². The minimum atomic E-state index is -0.231. The van der Waals surface area contributed by atoms with Gasteiger partial charge in [-0.05, 0) is 61.7 Å². The van der Waals surface area contributed by atoms with Crippen molar-refractivity contribution in [3.63, 3.8) is 0 Å². The average molecular weight is 234 g/mol. The summed E-state index contributed by atoms with van der Waals surface area (Å²) in [6.07, 6.45) is 13.7. The molecule has 0 amide bonds. The Bertz CT molecular complexity index is 307. The number of rotatable bonds is 2. The van der Waals surface area contributed by atoms with Crippen molar-refractivity contribution < 1.29 is 5.11 Å². The van der Waals surface area contributed by atoms with Gasteiger partial charge in [0.1, 0.15) is 0 Å². The minimum absolute atomic E-state index is 0.231. The van der Waals surface area contributed by atoms with Crippen LogP contribution in [0.1, 0.15) is 64.2 Å². The highest BCUT2D eigenvalue weighted by Gasteiger charge is 2.60. The Labute approximate surface area is 105 Å². The van der Waals surface area contributed by atoms with Crippen molar-refractivity contribution in [2.75, 3.05) is 0 Å². The lowest BCUT2D eigenvalue weighted by Gasteiger charge is -2.40. The first kappa shape index (κ1) is 10.8. The van der Waals surface area contributed by atoms with Gasteiger partial charge in [-0.1, -0.05) is 32.1 Å². The summed E-state index contributed by atoms with van der Waals surface area (Å²) in [7, 11) is 0. The molecule has 5 unspecified atom stereocenters. The molecule has 2 bridgehead atoms. The number of hydrogen-bond donors (Lipinski definition) is 1. The summed E-state index contributed by atoms with van der Waals surface area (Å²) in [5.41, 5.74) is -0.231. The highest BCUT2D eigenvalue weighted by molar-refractivity contribution is 5.10. The van der Waals surface area contributed by atoms with Gasteiger partial charge in [0.15, 0.2) is 0 Å². The van der Waals surface area contributed by atoms with Gasteiger partial charge in [0.05, 0.1) is 5.60 Å². The molecule has 0 aliphatic heterocycles. The van der Waals surface area contributed by atoms with E-state index in [9.17, 15) is 5.11 Å². The summed E-state index contributed by atoms with van der Waals surface area (Å²) >= 11 is 0. The molecule has 1 heteroatoms. The Balaban J connectivity index is 1.51. The first-order valence-electron chi connectivity index (χ1n) is 7.99. The third kappa shape index (κ3) is 1.54. The highest BCUT2D eigenvalue weighted by Crippen LogP contribution is 2.63. The zero-order valence-corrected chi connectivity index (χ0v) is 10.9. The van der Waals surface area contributed by atoms with Gasteiger partial charge < -0.3 is 5.11 Å². The van der Waals surface area contributed by atoms with Gasteiger partial charge in [0, 0.05) is 0 Å². The zero-order chi connectivity index (χ0) is 11.5. The van der Waals surface area contributed by atoms with Crippen molar-refractivity contribution in [2.24, 2.45) is 29.6 Å². The van der Waals surface area contributed by atoms with Crippen molar-refractivity contribution in [2.45, 2.75) is 69.8 Å². The van der Waals surface area contributed by atoms with Gasteiger partial charge in [-0.3, -0.25) is 0 Å². The lowest BCUT2D eigenvalue weighted by Crippen LogP contribution is -2.42. The number of hydrogen-bond acceptors (Lipinski definition) is 1. The Kier molecular flexibility index (Phi) is 2.38. The Morgan fingerprint density at radius 1 is 0.941 bits per heavy atom. The fourth-order valence-corrected chi connectivity index (χ4v) is 6.19. The summed E-state index contributed by atoms with van der Waals surface area (Å²) in [5.74, 6) is 4.39. The molecule has 0 heterocycles. The summed E-state index contributed by atoms with van der Waals surface area (Å²) in [5, 5.41) is 11.1. The maximum Gasteiger partial charge on any atom is 0.0684 e. The standard InChI is InChI=1S/C16H26O/c17-16(9-11-4-1-2-5-11)10-12-8-15(16)14-7-3-6-13(12)14/h11-15,17H,1-10H2. The van der Waals surface area contributed by atoms with Gasteiger partial charge in [0.2, 0.25) is 0 Å². The molecule has 4 aliphatic carbocycles. The second-order valence-electron chi connectivity index (χ2n) is 7.52. The van der Waals surface area contributed by atoms with E-state index in [0.717, 1.165) is 36.5 Å². The molecule has 0 aromatic heterocycles. The van der Waals surface area contributed by atoms with Gasteiger partial charge in [-0.15, -0.1) is 0 Å². The van der Waals surface area contributed by atoms with Crippen LogP contribution in [0.2, 0.25) is 0 Å². The summed E-state index contributed by atoms with van der Waals surface area (Å²) in [6.45, 7) is 0. The van der Waals surface area contributed by atoms with Crippen LogP contribution >= 0.6 is 0 Å². The SMILES string of the molecule is OC1(CC2CCCC2)CC2CC1C1CCCC21. The van der Waals surface area contributed by atoms with E-state index in [0.29, 0.717) is 5.92 Å². The molecule has 4 rings (SSSR count). The summed E-state index contributed by atoms with van der Waals surface area (Å²) in [6, 6.07) is 0. The topological polar surface area (TPSA) is 20.2 Å². The van der Waals surface area contributed by atoms with Gasteiger partial charge in [-0.25, -0.2) is 0 Å². The first-order valence-corrected chi connectivity index (χ1v) is 7.99. The van der Waals surface area contributed by atoms with E-state index in [1.807, 2.05) is 0 Å². The third-order valence-electron chi connectivity index (χ3n) is 6.73. The molecule has 0 saturated heterocycles. The monoisotopic (exact) mass is 234 g/mol. The smallest absolute Gasteiger partial charge is 0.0684 e. The molecule has 0 spiro atoms. The number of fused-ring (bicyclic) bond motifs is 5. The molecular formula is C16H26O. The van der Waals surface area contributed by atoms with Crippen molar-refractivity contribution >= 4 is 0 Å². The van der Waals surface area contributed by atoms with Crippen LogP contribution in [-0.4, -0.2) is 10.7 Å². The Hall–Kier alpha value is -0.0400. The van der Waals surface area contributed by atoms with Crippen molar-refractivity contribution in [3.8, 4) is 0 Å². The first-order chi connectivity index (χ1) is 8.26. The highest BCUT2D eigenvalue weighted by atomic mass is 16.3. The second kappa shape index (κ2) is 3.73. The Morgan fingerprint density at radius 3 is 2.53 bits per heavy atom. The van der Waals surface area contributed by atoms with Crippen LogP contribution in [0.3, 0.4) is 0 Å². The predicted octanol–water partition coefficient (Wildman–Crippen LogP) is 3.75. The van der Waals surface area contributed by atoms with E-state index in [-0.39, 0.29) is 5.60 Å². The molecule has 0 radical (unpaired) electrons. The fourth-order valence-electron chi connectivity index (χ4n) is 6.19. The summed E-state index contributed by atoms with van der Waals surface area (Å²) < 4.78 is 0. The largest absolute Gasteiger partial charge is 0.390 e. The molecule has 4 saturated carbocycles. The molecule has 0 aromatic rings. The third-order valence-corrected chi connectivity index (χ3v) is 6.73. The van der Waals surface area contributed by atoms with E-state index in [2.05, 4.69) is 0 Å². The van der Waals surface area contributed by atoms with Crippen LogP contribution in [-0.2, 0) is 0 Å². The van der Waals surface area contributed by atoms with Crippen LogP contribution in [0.5, 0.6) is 0 Å². The van der Waals surface area contributed by atoms with Crippen LogP contribution in [0.15, 0.2) is 0 Å². The Morgan fingerprint density at radius 2 is 1.71 bits per heavy atom. The second-order valence-corrected chi connectivity index (χ2v) is 7.52. The lowest BCUT2D eigenvalue weighted by molar-refractivity contribution is -0.0623. The molecule has 5 atom stereocenters. The van der Waals surface area contributed by atoms with Crippen molar-refractivity contribution in [1.82, 2.24) is 0 Å². The van der Waals surface area contributed by atoms with Gasteiger partial charge in [-0.2, -0.15) is 0 Å². The zero-order valence-electron chi connectivity index (χ0n) is 10.9. The summed E-state index contributed by atoms with van der Waals surface area (Å²) in [4.78, 5) is 0. The fraction of sp³-hybridized carbons (Fsp3) is 1.00. The quantitative estimate of drug-likeness (QED) is 0.771. The van der Waals surface area contributed by atoms with Gasteiger partial charge >= 0.3 is 0 Å². The van der Waals surface area contributed by atoms with Crippen LogP contribution < -0.4 is 0 Å². The van der Waals surface area contributed by atoms with E-state index < -0.39 is 0 Å². The van der Waals surface area contributed by atoms with E-state index in [1.165, 1.54) is 51.4 Å². The molecule has 0 aromatic carbocycles. The number of aliphatic hydroxyl groups is 1. The van der Waals surface area contributed by atoms with E-state index >= 15 is 0 Å². The van der Waals surface area contributed by atoms with E-state index in [1.54, 1.807) is 0 Å². The van der Waals surface area contributed by atoms with E-state index in [4.69, 9.17) is 0 Å². The van der Waals surface area contributed by atoms with Crippen LogP contribution in [0, 0.1) is 29.6 Å². The molecule has 1 nitrogen and oxygen atoms in total. The molecule has 4 fully saturated rings. The minimum Gasteiger partial charge on any atom is -0.390 e. The maximum atomic E-state index is 11.1. The molecule has 1 N–H and O–H groups in total.